The number of nitrogens with two attached hydrogens (primary N) is 1. The lowest BCUT2D eigenvalue weighted by Crippen LogP contribution is -1.96. The molecule has 0 atom stereocenters. The highest BCUT2D eigenvalue weighted by atomic mass is 19.1. The van der Waals surface area contributed by atoms with Crippen LogP contribution in [0.4, 0.5) is 10.1 Å². The van der Waals surface area contributed by atoms with Crippen LogP contribution in [0.5, 0.6) is 5.75 Å². The molecule has 0 aromatic heterocycles. The van der Waals surface area contributed by atoms with Gasteiger partial charge in [-0.2, -0.15) is 0 Å². The number of halogens is 1. The number of hydrogen-bond acceptors (Lipinski definition) is 2. The van der Waals surface area contributed by atoms with Gasteiger partial charge in [0.25, 0.3) is 0 Å². The summed E-state index contributed by atoms with van der Waals surface area (Å²) >= 11 is 0. The van der Waals surface area contributed by atoms with Crippen LogP contribution in [0.1, 0.15) is 11.1 Å². The van der Waals surface area contributed by atoms with Crippen LogP contribution < -0.4 is 5.73 Å². The molecular formula is C8H10FNO. The Labute approximate surface area is 64.5 Å². The Bertz CT molecular complexity index is 270. The van der Waals surface area contributed by atoms with Crippen LogP contribution in [0.15, 0.2) is 6.07 Å². The zero-order valence-electron chi connectivity index (χ0n) is 6.48. The molecule has 0 heterocycles. The van der Waals surface area contributed by atoms with Gasteiger partial charge in [0.15, 0.2) is 0 Å². The van der Waals surface area contributed by atoms with E-state index in [-0.39, 0.29) is 11.4 Å². The summed E-state index contributed by atoms with van der Waals surface area (Å²) in [7, 11) is 0. The Morgan fingerprint density at radius 1 is 1.36 bits per heavy atom. The minimum atomic E-state index is -0.564. The molecule has 0 saturated carbocycles. The SMILES string of the molecule is Cc1c(O)cc(F)c(N)c1C. The summed E-state index contributed by atoms with van der Waals surface area (Å²) in [5.74, 6) is -0.611. The van der Waals surface area contributed by atoms with Crippen LogP contribution in [0.25, 0.3) is 0 Å². The summed E-state index contributed by atoms with van der Waals surface area (Å²) in [4.78, 5) is 0. The standard InChI is InChI=1S/C8H10FNO/c1-4-5(2)8(10)6(9)3-7(4)11/h3,11H,10H2,1-2H3. The van der Waals surface area contributed by atoms with Gasteiger partial charge in [0.1, 0.15) is 11.6 Å². The highest BCUT2D eigenvalue weighted by molar-refractivity contribution is 5.55. The van der Waals surface area contributed by atoms with Crippen molar-refractivity contribution in [1.82, 2.24) is 0 Å². The molecule has 1 rings (SSSR count). The van der Waals surface area contributed by atoms with E-state index in [4.69, 9.17) is 10.8 Å². The molecular weight excluding hydrogens is 145 g/mol. The fourth-order valence-corrected chi connectivity index (χ4v) is 0.879. The highest BCUT2D eigenvalue weighted by Gasteiger charge is 2.08. The zero-order valence-corrected chi connectivity index (χ0v) is 6.48. The molecule has 0 unspecified atom stereocenters. The number of phenolic OH excluding ortho intramolecular Hbond substituents is 1. The van der Waals surface area contributed by atoms with Crippen molar-refractivity contribution in [2.24, 2.45) is 0 Å². The first-order valence-electron chi connectivity index (χ1n) is 3.28. The average Bonchev–Trinajstić information content (AvgIpc) is 1.97. The molecule has 3 heteroatoms. The Morgan fingerprint density at radius 2 is 1.91 bits per heavy atom. The van der Waals surface area contributed by atoms with Crippen molar-refractivity contribution in [3.63, 3.8) is 0 Å². The van der Waals surface area contributed by atoms with Crippen LogP contribution in [0.2, 0.25) is 0 Å². The normalized spacial score (nSPS) is 10.1. The molecule has 0 spiro atoms. The molecule has 0 aliphatic carbocycles. The summed E-state index contributed by atoms with van der Waals surface area (Å²) in [6.45, 7) is 3.37. The van der Waals surface area contributed by atoms with Gasteiger partial charge in [-0.05, 0) is 25.0 Å². The van der Waals surface area contributed by atoms with Gasteiger partial charge in [0.2, 0.25) is 0 Å². The second-order valence-corrected chi connectivity index (χ2v) is 2.54. The van der Waals surface area contributed by atoms with E-state index in [1.54, 1.807) is 13.8 Å². The van der Waals surface area contributed by atoms with Crippen LogP contribution in [0, 0.1) is 19.7 Å². The number of nitrogen functional groups attached to an aromatic ring is 1. The molecule has 1 aromatic carbocycles. The van der Waals surface area contributed by atoms with E-state index in [1.165, 1.54) is 0 Å². The van der Waals surface area contributed by atoms with Gasteiger partial charge in [-0.25, -0.2) is 4.39 Å². The summed E-state index contributed by atoms with van der Waals surface area (Å²) in [6.07, 6.45) is 0. The van der Waals surface area contributed by atoms with Gasteiger partial charge in [-0.1, -0.05) is 0 Å². The number of rotatable bonds is 0. The third-order valence-corrected chi connectivity index (χ3v) is 1.87. The van der Waals surface area contributed by atoms with E-state index in [2.05, 4.69) is 0 Å². The second-order valence-electron chi connectivity index (χ2n) is 2.54. The number of phenols is 1. The van der Waals surface area contributed by atoms with Crippen molar-refractivity contribution in [3.05, 3.63) is 23.0 Å². The zero-order chi connectivity index (χ0) is 8.59. The lowest BCUT2D eigenvalue weighted by Gasteiger charge is -2.06. The molecule has 0 saturated heterocycles. The molecule has 0 radical (unpaired) electrons. The molecule has 1 aromatic rings. The molecule has 2 nitrogen and oxygen atoms in total. The Balaban J connectivity index is 3.46. The Hall–Kier alpha value is -1.25. The maximum absolute atomic E-state index is 12.7. The van der Waals surface area contributed by atoms with E-state index >= 15 is 0 Å². The smallest absolute Gasteiger partial charge is 0.150 e. The number of hydrogen-bond donors (Lipinski definition) is 2. The third kappa shape index (κ3) is 1.13. The van der Waals surface area contributed by atoms with Crippen molar-refractivity contribution in [2.75, 3.05) is 5.73 Å². The van der Waals surface area contributed by atoms with E-state index < -0.39 is 5.82 Å². The van der Waals surface area contributed by atoms with E-state index in [9.17, 15) is 4.39 Å². The van der Waals surface area contributed by atoms with E-state index in [1.807, 2.05) is 0 Å². The minimum Gasteiger partial charge on any atom is -0.508 e. The molecule has 0 bridgehead atoms. The molecule has 60 valence electrons. The summed E-state index contributed by atoms with van der Waals surface area (Å²) < 4.78 is 12.7. The van der Waals surface area contributed by atoms with E-state index in [0.29, 0.717) is 11.1 Å². The maximum atomic E-state index is 12.7. The van der Waals surface area contributed by atoms with Crippen LogP contribution in [0.3, 0.4) is 0 Å². The van der Waals surface area contributed by atoms with Crippen molar-refractivity contribution in [1.29, 1.82) is 0 Å². The number of aromatic hydroxyl groups is 1. The predicted octanol–water partition coefficient (Wildman–Crippen LogP) is 1.73. The molecule has 0 fully saturated rings. The summed E-state index contributed by atoms with van der Waals surface area (Å²) in [5.41, 5.74) is 6.70. The van der Waals surface area contributed by atoms with Gasteiger partial charge in [0.05, 0.1) is 5.69 Å². The monoisotopic (exact) mass is 155 g/mol. The van der Waals surface area contributed by atoms with Crippen molar-refractivity contribution < 1.29 is 9.50 Å². The van der Waals surface area contributed by atoms with Crippen molar-refractivity contribution in [2.45, 2.75) is 13.8 Å². The second kappa shape index (κ2) is 2.42. The van der Waals surface area contributed by atoms with Crippen molar-refractivity contribution >= 4 is 5.69 Å². The van der Waals surface area contributed by atoms with Gasteiger partial charge in [-0.15, -0.1) is 0 Å². The third-order valence-electron chi connectivity index (χ3n) is 1.87. The van der Waals surface area contributed by atoms with Gasteiger partial charge in [0, 0.05) is 6.07 Å². The van der Waals surface area contributed by atoms with Crippen LogP contribution in [-0.2, 0) is 0 Å². The molecule has 0 aliphatic heterocycles. The summed E-state index contributed by atoms with van der Waals surface area (Å²) in [5, 5.41) is 9.11. The minimum absolute atomic E-state index is 0.0470. The predicted molar refractivity (Wildman–Crippen MR) is 42.0 cm³/mol. The van der Waals surface area contributed by atoms with Gasteiger partial charge >= 0.3 is 0 Å². The van der Waals surface area contributed by atoms with Gasteiger partial charge < -0.3 is 10.8 Å². The molecule has 0 amide bonds. The maximum Gasteiger partial charge on any atom is 0.150 e. The summed E-state index contributed by atoms with van der Waals surface area (Å²) in [6, 6.07) is 1.03. The molecule has 0 aliphatic rings. The van der Waals surface area contributed by atoms with Crippen LogP contribution in [-0.4, -0.2) is 5.11 Å². The van der Waals surface area contributed by atoms with Crippen molar-refractivity contribution in [3.8, 4) is 5.75 Å². The van der Waals surface area contributed by atoms with E-state index in [0.717, 1.165) is 6.07 Å². The number of anilines is 1. The Morgan fingerprint density at radius 3 is 2.45 bits per heavy atom. The molecule has 11 heavy (non-hydrogen) atoms. The fraction of sp³-hybridized carbons (Fsp3) is 0.250. The number of benzene rings is 1. The largest absolute Gasteiger partial charge is 0.508 e. The quantitative estimate of drug-likeness (QED) is 0.442. The Kier molecular flexibility index (Phi) is 1.72. The first-order chi connectivity index (χ1) is 5.04. The molecule has 3 N–H and O–H groups in total. The first-order valence-corrected chi connectivity index (χ1v) is 3.28. The first kappa shape index (κ1) is 7.85. The topological polar surface area (TPSA) is 46.2 Å². The average molecular weight is 155 g/mol. The van der Waals surface area contributed by atoms with Crippen LogP contribution >= 0.6 is 0 Å². The lowest BCUT2D eigenvalue weighted by atomic mass is 10.1. The highest BCUT2D eigenvalue weighted by Crippen LogP contribution is 2.27. The lowest BCUT2D eigenvalue weighted by molar-refractivity contribution is 0.464. The van der Waals surface area contributed by atoms with Gasteiger partial charge in [-0.3, -0.25) is 0 Å². The fourth-order valence-electron chi connectivity index (χ4n) is 0.879.